The third-order valence-electron chi connectivity index (χ3n) is 2.45. The molecule has 0 N–H and O–H groups in total. The molecule has 0 bridgehead atoms. The van der Waals surface area contributed by atoms with Crippen LogP contribution in [0, 0.1) is 10.1 Å². The quantitative estimate of drug-likeness (QED) is 0.616. The first-order chi connectivity index (χ1) is 8.34. The van der Waals surface area contributed by atoms with Crippen molar-refractivity contribution in [1.82, 2.24) is 4.31 Å². The molecule has 0 aliphatic carbocycles. The average molecular weight is 293 g/mol. The van der Waals surface area contributed by atoms with Crippen LogP contribution in [0.3, 0.4) is 0 Å². The molecule has 0 heterocycles. The summed E-state index contributed by atoms with van der Waals surface area (Å²) in [6.07, 6.45) is 0. The van der Waals surface area contributed by atoms with E-state index >= 15 is 0 Å². The van der Waals surface area contributed by atoms with Crippen molar-refractivity contribution in [3.63, 3.8) is 0 Å². The van der Waals surface area contributed by atoms with Crippen LogP contribution in [0.2, 0.25) is 5.02 Å². The Bertz CT molecular complexity index is 555. The van der Waals surface area contributed by atoms with Crippen molar-refractivity contribution in [2.75, 3.05) is 13.1 Å². The van der Waals surface area contributed by atoms with E-state index in [2.05, 4.69) is 0 Å². The highest BCUT2D eigenvalue weighted by atomic mass is 35.5. The second kappa shape index (κ2) is 5.64. The highest BCUT2D eigenvalue weighted by molar-refractivity contribution is 7.89. The molecule has 0 fully saturated rings. The molecular formula is C10H13ClN2O4S. The smallest absolute Gasteiger partial charge is 0.258 e. The molecule has 0 aromatic heterocycles. The molecule has 100 valence electrons. The predicted molar refractivity (Wildman–Crippen MR) is 68.2 cm³/mol. The Balaban J connectivity index is 3.40. The number of non-ortho nitro benzene ring substituents is 1. The molecule has 0 aliphatic rings. The third-order valence-corrected chi connectivity index (χ3v) is 4.98. The topological polar surface area (TPSA) is 80.5 Å². The summed E-state index contributed by atoms with van der Waals surface area (Å²) in [6, 6.07) is 3.37. The second-order valence-electron chi connectivity index (χ2n) is 3.46. The van der Waals surface area contributed by atoms with E-state index in [9.17, 15) is 18.5 Å². The van der Waals surface area contributed by atoms with Crippen LogP contribution in [0.15, 0.2) is 23.1 Å². The van der Waals surface area contributed by atoms with E-state index in [1.165, 1.54) is 16.4 Å². The van der Waals surface area contributed by atoms with Crippen LogP contribution in [0.5, 0.6) is 0 Å². The molecule has 0 unspecified atom stereocenters. The second-order valence-corrected chi connectivity index (χ2v) is 5.77. The Morgan fingerprint density at radius 1 is 1.33 bits per heavy atom. The van der Waals surface area contributed by atoms with Gasteiger partial charge in [0.2, 0.25) is 10.0 Å². The van der Waals surface area contributed by atoms with Crippen LogP contribution in [0.1, 0.15) is 13.8 Å². The molecule has 1 aromatic carbocycles. The highest BCUT2D eigenvalue weighted by Crippen LogP contribution is 2.28. The third kappa shape index (κ3) is 2.80. The number of rotatable bonds is 5. The van der Waals surface area contributed by atoms with Crippen molar-refractivity contribution in [3.05, 3.63) is 33.3 Å². The minimum absolute atomic E-state index is 0.0208. The molecule has 0 saturated heterocycles. The molecule has 0 spiro atoms. The van der Waals surface area contributed by atoms with Crippen LogP contribution in [-0.4, -0.2) is 30.7 Å². The Morgan fingerprint density at radius 2 is 1.89 bits per heavy atom. The molecule has 0 aliphatic heterocycles. The first kappa shape index (κ1) is 14.9. The summed E-state index contributed by atoms with van der Waals surface area (Å²) in [5.74, 6) is 0. The van der Waals surface area contributed by atoms with Gasteiger partial charge in [-0.2, -0.15) is 4.31 Å². The summed E-state index contributed by atoms with van der Waals surface area (Å²) >= 11 is 5.82. The molecule has 1 rings (SSSR count). The minimum Gasteiger partial charge on any atom is -0.258 e. The van der Waals surface area contributed by atoms with Crippen molar-refractivity contribution < 1.29 is 13.3 Å². The summed E-state index contributed by atoms with van der Waals surface area (Å²) < 4.78 is 25.6. The summed E-state index contributed by atoms with van der Waals surface area (Å²) in [4.78, 5) is 9.77. The number of hydrogen-bond acceptors (Lipinski definition) is 4. The van der Waals surface area contributed by atoms with Gasteiger partial charge in [-0.25, -0.2) is 8.42 Å². The van der Waals surface area contributed by atoms with E-state index in [1.54, 1.807) is 13.8 Å². The van der Waals surface area contributed by atoms with Gasteiger partial charge in [-0.05, 0) is 6.07 Å². The number of benzene rings is 1. The van der Waals surface area contributed by atoms with E-state index < -0.39 is 14.9 Å². The maximum atomic E-state index is 12.2. The molecule has 18 heavy (non-hydrogen) atoms. The standard InChI is InChI=1S/C10H13ClN2O4S/c1-3-12(4-2)18(16,17)10-7-8(13(14)15)5-6-9(10)11/h5-7H,3-4H2,1-2H3. The zero-order chi connectivity index (χ0) is 13.9. The molecule has 0 radical (unpaired) electrons. The number of nitro benzene ring substituents is 1. The minimum atomic E-state index is -3.79. The van der Waals surface area contributed by atoms with Gasteiger partial charge in [0.15, 0.2) is 0 Å². The van der Waals surface area contributed by atoms with E-state index in [1.807, 2.05) is 0 Å². The molecule has 0 saturated carbocycles. The van der Waals surface area contributed by atoms with Gasteiger partial charge in [-0.3, -0.25) is 10.1 Å². The number of hydrogen-bond donors (Lipinski definition) is 0. The molecule has 0 amide bonds. The van der Waals surface area contributed by atoms with Gasteiger partial charge in [0, 0.05) is 25.2 Å². The maximum Gasteiger partial charge on any atom is 0.270 e. The fraction of sp³-hybridized carbons (Fsp3) is 0.400. The van der Waals surface area contributed by atoms with Crippen molar-refractivity contribution in [3.8, 4) is 0 Å². The lowest BCUT2D eigenvalue weighted by atomic mass is 10.3. The Hall–Kier alpha value is -1.18. The SMILES string of the molecule is CCN(CC)S(=O)(=O)c1cc([N+](=O)[O-])ccc1Cl. The van der Waals surface area contributed by atoms with Crippen LogP contribution < -0.4 is 0 Å². The van der Waals surface area contributed by atoms with E-state index in [0.717, 1.165) is 6.07 Å². The van der Waals surface area contributed by atoms with Gasteiger partial charge in [0.25, 0.3) is 5.69 Å². The van der Waals surface area contributed by atoms with Crippen molar-refractivity contribution >= 4 is 27.3 Å². The first-order valence-corrected chi connectivity index (χ1v) is 7.10. The van der Waals surface area contributed by atoms with E-state index in [4.69, 9.17) is 11.6 Å². The fourth-order valence-electron chi connectivity index (χ4n) is 1.51. The van der Waals surface area contributed by atoms with Crippen LogP contribution in [0.25, 0.3) is 0 Å². The van der Waals surface area contributed by atoms with E-state index in [-0.39, 0.29) is 28.7 Å². The number of halogens is 1. The van der Waals surface area contributed by atoms with Crippen molar-refractivity contribution in [2.24, 2.45) is 0 Å². The van der Waals surface area contributed by atoms with E-state index in [0.29, 0.717) is 0 Å². The molecule has 8 heteroatoms. The van der Waals surface area contributed by atoms with Gasteiger partial charge in [0.1, 0.15) is 4.90 Å². The molecule has 1 aromatic rings. The Kier molecular flexibility index (Phi) is 4.66. The monoisotopic (exact) mass is 292 g/mol. The van der Waals surface area contributed by atoms with Gasteiger partial charge in [-0.1, -0.05) is 25.4 Å². The van der Waals surface area contributed by atoms with Crippen molar-refractivity contribution in [2.45, 2.75) is 18.7 Å². The number of nitrogens with zero attached hydrogens (tertiary/aromatic N) is 2. The van der Waals surface area contributed by atoms with Gasteiger partial charge in [0.05, 0.1) is 9.95 Å². The van der Waals surface area contributed by atoms with Gasteiger partial charge < -0.3 is 0 Å². The van der Waals surface area contributed by atoms with Crippen LogP contribution in [0.4, 0.5) is 5.69 Å². The summed E-state index contributed by atoms with van der Waals surface area (Å²) in [5.41, 5.74) is -0.301. The lowest BCUT2D eigenvalue weighted by molar-refractivity contribution is -0.385. The molecule has 0 atom stereocenters. The molecular weight excluding hydrogens is 280 g/mol. The zero-order valence-corrected chi connectivity index (χ0v) is 11.5. The normalized spacial score (nSPS) is 11.8. The van der Waals surface area contributed by atoms with Crippen molar-refractivity contribution in [1.29, 1.82) is 0 Å². The lowest BCUT2D eigenvalue weighted by Gasteiger charge is -2.18. The first-order valence-electron chi connectivity index (χ1n) is 5.28. The molecule has 6 nitrogen and oxygen atoms in total. The predicted octanol–water partition coefficient (Wildman–Crippen LogP) is 2.28. The number of nitro groups is 1. The maximum absolute atomic E-state index is 12.2. The average Bonchev–Trinajstić information content (AvgIpc) is 2.30. The fourth-order valence-corrected chi connectivity index (χ4v) is 3.46. The van der Waals surface area contributed by atoms with Crippen LogP contribution in [-0.2, 0) is 10.0 Å². The summed E-state index contributed by atoms with van der Waals surface area (Å²) in [5, 5.41) is 10.6. The van der Waals surface area contributed by atoms with Gasteiger partial charge >= 0.3 is 0 Å². The Labute approximate surface area is 110 Å². The Morgan fingerprint density at radius 3 is 2.33 bits per heavy atom. The number of sulfonamides is 1. The summed E-state index contributed by atoms with van der Waals surface area (Å²) in [7, 11) is -3.79. The summed E-state index contributed by atoms with van der Waals surface area (Å²) in [6.45, 7) is 3.92. The highest BCUT2D eigenvalue weighted by Gasteiger charge is 2.26. The largest absolute Gasteiger partial charge is 0.270 e. The zero-order valence-electron chi connectivity index (χ0n) is 9.96. The lowest BCUT2D eigenvalue weighted by Crippen LogP contribution is -2.30. The van der Waals surface area contributed by atoms with Crippen LogP contribution >= 0.6 is 11.6 Å². The van der Waals surface area contributed by atoms with Gasteiger partial charge in [-0.15, -0.1) is 0 Å².